The minimum absolute atomic E-state index is 0.0292. The van der Waals surface area contributed by atoms with Crippen molar-refractivity contribution in [3.05, 3.63) is 68.5 Å². The Kier molecular flexibility index (Phi) is 6.02. The number of fused-ring (bicyclic) bond motifs is 1. The van der Waals surface area contributed by atoms with Crippen molar-refractivity contribution >= 4 is 45.1 Å². The molecule has 3 rings (SSSR count). The number of rotatable bonds is 5. The molecular formula is C19H15N3O7S. The number of nitro benzene ring substituents is 1. The maximum absolute atomic E-state index is 12.6. The maximum Gasteiger partial charge on any atom is 0.337 e. The van der Waals surface area contributed by atoms with Crippen LogP contribution < -0.4 is 4.80 Å². The number of thiazole rings is 1. The van der Waals surface area contributed by atoms with Crippen LogP contribution in [0.4, 0.5) is 5.69 Å². The van der Waals surface area contributed by atoms with E-state index in [2.05, 4.69) is 4.99 Å². The Morgan fingerprint density at radius 2 is 1.87 bits per heavy atom. The van der Waals surface area contributed by atoms with Crippen LogP contribution in [0.1, 0.15) is 20.7 Å². The minimum Gasteiger partial charge on any atom is -0.468 e. The quantitative estimate of drug-likeness (QED) is 0.345. The first-order valence-corrected chi connectivity index (χ1v) is 9.27. The number of hydrogen-bond donors (Lipinski definition) is 0. The summed E-state index contributed by atoms with van der Waals surface area (Å²) in [5.74, 6) is -1.80. The van der Waals surface area contributed by atoms with Gasteiger partial charge in [0.15, 0.2) is 4.80 Å². The van der Waals surface area contributed by atoms with Crippen LogP contribution >= 0.6 is 11.3 Å². The van der Waals surface area contributed by atoms with Gasteiger partial charge in [0.2, 0.25) is 0 Å². The molecule has 0 aliphatic heterocycles. The lowest BCUT2D eigenvalue weighted by Crippen LogP contribution is -2.22. The van der Waals surface area contributed by atoms with Crippen LogP contribution in [0, 0.1) is 10.1 Å². The SMILES string of the molecule is COC(=O)Cn1c(=NC(=O)c2cccc([N+](=O)[O-])c2)sc2cc(C(=O)OC)ccc21. The highest BCUT2D eigenvalue weighted by Crippen LogP contribution is 2.20. The van der Waals surface area contributed by atoms with Crippen molar-refractivity contribution < 1.29 is 28.8 Å². The summed E-state index contributed by atoms with van der Waals surface area (Å²) >= 11 is 1.08. The standard InChI is InChI=1S/C19H15N3O7S/c1-28-16(23)10-21-14-7-6-12(18(25)29-2)9-15(14)30-19(21)20-17(24)11-4-3-5-13(8-11)22(26)27/h3-9H,10H2,1-2H3. The summed E-state index contributed by atoms with van der Waals surface area (Å²) in [5, 5.41) is 10.9. The van der Waals surface area contributed by atoms with Crippen molar-refractivity contribution in [2.45, 2.75) is 6.54 Å². The summed E-state index contributed by atoms with van der Waals surface area (Å²) in [4.78, 5) is 50.8. The Labute approximate surface area is 173 Å². The molecule has 2 aromatic carbocycles. The van der Waals surface area contributed by atoms with E-state index in [1.807, 2.05) is 0 Å². The molecule has 10 nitrogen and oxygen atoms in total. The van der Waals surface area contributed by atoms with Crippen LogP contribution in [0.25, 0.3) is 10.2 Å². The smallest absolute Gasteiger partial charge is 0.337 e. The number of amides is 1. The van der Waals surface area contributed by atoms with E-state index in [-0.39, 0.29) is 22.6 Å². The number of carbonyl (C=O) groups is 3. The Hall–Kier alpha value is -3.86. The predicted octanol–water partition coefficient (Wildman–Crippen LogP) is 2.31. The first kappa shape index (κ1) is 20.9. The van der Waals surface area contributed by atoms with Crippen molar-refractivity contribution in [1.82, 2.24) is 4.57 Å². The molecule has 11 heteroatoms. The van der Waals surface area contributed by atoms with Crippen LogP contribution in [0.5, 0.6) is 0 Å². The van der Waals surface area contributed by atoms with Gasteiger partial charge in [-0.2, -0.15) is 4.99 Å². The number of benzene rings is 2. The molecule has 0 saturated heterocycles. The number of ether oxygens (including phenoxy) is 2. The molecule has 0 bridgehead atoms. The highest BCUT2D eigenvalue weighted by molar-refractivity contribution is 7.16. The molecule has 0 unspecified atom stereocenters. The predicted molar refractivity (Wildman–Crippen MR) is 106 cm³/mol. The molecule has 0 aliphatic carbocycles. The third-order valence-electron chi connectivity index (χ3n) is 4.12. The molecule has 0 spiro atoms. The zero-order valence-corrected chi connectivity index (χ0v) is 16.7. The summed E-state index contributed by atoms with van der Waals surface area (Å²) < 4.78 is 11.5. The largest absolute Gasteiger partial charge is 0.468 e. The lowest BCUT2D eigenvalue weighted by Gasteiger charge is -2.04. The Balaban J connectivity index is 2.14. The molecule has 3 aromatic rings. The number of aromatic nitrogens is 1. The summed E-state index contributed by atoms with van der Waals surface area (Å²) in [5.41, 5.74) is 0.649. The minimum atomic E-state index is -0.711. The first-order valence-electron chi connectivity index (χ1n) is 8.46. The van der Waals surface area contributed by atoms with Gasteiger partial charge in [0.25, 0.3) is 11.6 Å². The fraction of sp³-hybridized carbons (Fsp3) is 0.158. The van der Waals surface area contributed by atoms with Crippen LogP contribution in [-0.4, -0.2) is 41.6 Å². The van der Waals surface area contributed by atoms with E-state index >= 15 is 0 Å². The normalized spacial score (nSPS) is 11.3. The Bertz CT molecular complexity index is 1240. The molecule has 0 aliphatic rings. The number of carbonyl (C=O) groups excluding carboxylic acids is 3. The third kappa shape index (κ3) is 4.25. The molecule has 1 amide bonds. The van der Waals surface area contributed by atoms with Crippen LogP contribution in [0.3, 0.4) is 0 Å². The summed E-state index contributed by atoms with van der Waals surface area (Å²) in [6.45, 7) is -0.213. The van der Waals surface area contributed by atoms with E-state index in [0.29, 0.717) is 15.8 Å². The third-order valence-corrected chi connectivity index (χ3v) is 5.16. The van der Waals surface area contributed by atoms with E-state index in [0.717, 1.165) is 17.4 Å². The molecule has 1 aromatic heterocycles. The van der Waals surface area contributed by atoms with Gasteiger partial charge in [-0.3, -0.25) is 19.7 Å². The molecular weight excluding hydrogens is 414 g/mol. The molecule has 0 N–H and O–H groups in total. The fourth-order valence-corrected chi connectivity index (χ4v) is 3.72. The molecule has 1 heterocycles. The molecule has 30 heavy (non-hydrogen) atoms. The molecule has 0 saturated carbocycles. The van der Waals surface area contributed by atoms with Gasteiger partial charge >= 0.3 is 11.9 Å². The van der Waals surface area contributed by atoms with Gasteiger partial charge in [0.1, 0.15) is 6.54 Å². The lowest BCUT2D eigenvalue weighted by atomic mass is 10.2. The average molecular weight is 429 g/mol. The summed E-state index contributed by atoms with van der Waals surface area (Å²) in [6, 6.07) is 9.89. The molecule has 0 radical (unpaired) electrons. The topological polar surface area (TPSA) is 130 Å². The van der Waals surface area contributed by atoms with E-state index < -0.39 is 22.8 Å². The van der Waals surface area contributed by atoms with Crippen LogP contribution in [0.15, 0.2) is 47.5 Å². The summed E-state index contributed by atoms with van der Waals surface area (Å²) in [6.07, 6.45) is 0. The second-order valence-corrected chi connectivity index (χ2v) is 6.95. The average Bonchev–Trinajstić information content (AvgIpc) is 3.08. The molecule has 0 fully saturated rings. The monoisotopic (exact) mass is 429 g/mol. The van der Waals surface area contributed by atoms with Gasteiger partial charge in [-0.1, -0.05) is 17.4 Å². The second kappa shape index (κ2) is 8.66. The van der Waals surface area contributed by atoms with Gasteiger partial charge in [-0.15, -0.1) is 0 Å². The number of methoxy groups -OCH3 is 2. The van der Waals surface area contributed by atoms with Crippen molar-refractivity contribution in [3.8, 4) is 0 Å². The van der Waals surface area contributed by atoms with E-state index in [1.165, 1.54) is 43.1 Å². The van der Waals surface area contributed by atoms with Gasteiger partial charge in [-0.25, -0.2) is 4.79 Å². The first-order chi connectivity index (χ1) is 14.3. The van der Waals surface area contributed by atoms with Gasteiger partial charge in [0.05, 0.1) is 34.9 Å². The lowest BCUT2D eigenvalue weighted by molar-refractivity contribution is -0.384. The van der Waals surface area contributed by atoms with Crippen molar-refractivity contribution in [2.24, 2.45) is 4.99 Å². The fourth-order valence-electron chi connectivity index (χ4n) is 2.65. The number of non-ortho nitro benzene ring substituents is 1. The highest BCUT2D eigenvalue weighted by Gasteiger charge is 2.16. The second-order valence-electron chi connectivity index (χ2n) is 5.95. The highest BCUT2D eigenvalue weighted by atomic mass is 32.1. The maximum atomic E-state index is 12.6. The Morgan fingerprint density at radius 1 is 1.10 bits per heavy atom. The van der Waals surface area contributed by atoms with Crippen LogP contribution in [0.2, 0.25) is 0 Å². The van der Waals surface area contributed by atoms with Crippen molar-refractivity contribution in [2.75, 3.05) is 14.2 Å². The van der Waals surface area contributed by atoms with E-state index in [4.69, 9.17) is 9.47 Å². The number of esters is 2. The Morgan fingerprint density at radius 3 is 2.53 bits per heavy atom. The zero-order chi connectivity index (χ0) is 21.8. The van der Waals surface area contributed by atoms with Crippen molar-refractivity contribution in [1.29, 1.82) is 0 Å². The summed E-state index contributed by atoms with van der Waals surface area (Å²) in [7, 11) is 2.49. The molecule has 0 atom stereocenters. The molecule has 154 valence electrons. The van der Waals surface area contributed by atoms with E-state index in [9.17, 15) is 24.5 Å². The van der Waals surface area contributed by atoms with Gasteiger partial charge in [0, 0.05) is 17.7 Å². The van der Waals surface area contributed by atoms with Crippen molar-refractivity contribution in [3.63, 3.8) is 0 Å². The zero-order valence-electron chi connectivity index (χ0n) is 15.9. The van der Waals surface area contributed by atoms with Crippen LogP contribution in [-0.2, 0) is 20.8 Å². The number of hydrogen-bond acceptors (Lipinski definition) is 8. The van der Waals surface area contributed by atoms with E-state index in [1.54, 1.807) is 12.1 Å². The number of nitrogens with zero attached hydrogens (tertiary/aromatic N) is 3. The van der Waals surface area contributed by atoms with Gasteiger partial charge in [-0.05, 0) is 24.3 Å². The van der Waals surface area contributed by atoms with Gasteiger partial charge < -0.3 is 14.0 Å². The number of nitro groups is 1.